The molecule has 4 unspecified atom stereocenters. The first-order valence-corrected chi connectivity index (χ1v) is 12.1. The first kappa shape index (κ1) is 29.0. The first-order chi connectivity index (χ1) is 16.0. The Kier molecular flexibility index (Phi) is 7.99. The molecule has 2 saturated heterocycles. The molecule has 2 saturated carbocycles. The topological polar surface area (TPSA) is 113 Å². The van der Waals surface area contributed by atoms with Crippen LogP contribution in [-0.2, 0) is 47.1 Å². The normalized spacial score (nSPS) is 33.2. The van der Waals surface area contributed by atoms with Crippen LogP contribution in [0.25, 0.3) is 0 Å². The number of nitrogens with zero attached hydrogens (tertiary/aromatic N) is 2. The zero-order chi connectivity index (χ0) is 24.5. The summed E-state index contributed by atoms with van der Waals surface area (Å²) in [6.45, 7) is 8.42. The number of nitrogens with one attached hydrogen (secondary N) is 1. The van der Waals surface area contributed by atoms with Crippen LogP contribution in [0.5, 0.6) is 0 Å². The van der Waals surface area contributed by atoms with Gasteiger partial charge in [-0.3, -0.25) is 34.3 Å². The Morgan fingerprint density at radius 2 is 1.86 bits per heavy atom. The SMILES string of the molecule is C.Cc1cc([C-]2CCN(C3(C)CC34CC4(C)N)CC2)ccc1C(=O)N(C=O)C1CCC(=O)NC1=O.[Y]. The number of carbonyl (C=O) groups excluding carboxylic acids is 4. The number of aryl methyl sites for hydroxylation is 1. The molecule has 2 aliphatic heterocycles. The van der Waals surface area contributed by atoms with Gasteiger partial charge in [0, 0.05) is 61.2 Å². The van der Waals surface area contributed by atoms with Crippen molar-refractivity contribution in [2.24, 2.45) is 11.1 Å². The Bertz CT molecular complexity index is 1080. The van der Waals surface area contributed by atoms with Crippen molar-refractivity contribution in [1.82, 2.24) is 15.1 Å². The van der Waals surface area contributed by atoms with Gasteiger partial charge in [-0.2, -0.15) is 23.6 Å². The summed E-state index contributed by atoms with van der Waals surface area (Å²) in [5.74, 6) is -0.140. The third-order valence-corrected chi connectivity index (χ3v) is 9.01. The standard InChI is InChI=1S/C26H33N4O4.CH4.Y/c1-16-12-18(17-8-10-29(11-9-17)25(3)14-26(25)13-24(26,2)27)4-5-19(16)23(34)30(15-31)20-6-7-21(32)28-22(20)33;;/h4-5,12,15,20H,6-11,13-14,27H2,1-3H3,(H,28,32,33);1H4;/q-1;;. The summed E-state index contributed by atoms with van der Waals surface area (Å²) in [4.78, 5) is 51.9. The molecule has 1 aromatic carbocycles. The van der Waals surface area contributed by atoms with Gasteiger partial charge in [-0.25, -0.2) is 0 Å². The van der Waals surface area contributed by atoms with E-state index in [4.69, 9.17) is 5.73 Å². The van der Waals surface area contributed by atoms with Crippen LogP contribution in [0.15, 0.2) is 18.2 Å². The molecule has 0 bridgehead atoms. The van der Waals surface area contributed by atoms with Crippen molar-refractivity contribution in [2.45, 2.75) is 83.8 Å². The second-order valence-corrected chi connectivity index (χ2v) is 11.0. The first-order valence-electron chi connectivity index (χ1n) is 12.1. The third kappa shape index (κ3) is 4.48. The van der Waals surface area contributed by atoms with Gasteiger partial charge in [0.2, 0.25) is 18.2 Å². The summed E-state index contributed by atoms with van der Waals surface area (Å²) in [6.07, 6.45) is 4.91. The average molecular weight is 571 g/mol. The Hall–Kier alpha value is -1.61. The van der Waals surface area contributed by atoms with Gasteiger partial charge in [0.25, 0.3) is 5.91 Å². The number of nitrogens with two attached hydrogens (primary N) is 1. The summed E-state index contributed by atoms with van der Waals surface area (Å²) in [7, 11) is 0. The minimum atomic E-state index is -0.964. The molecule has 1 aromatic rings. The molecule has 5 rings (SSSR count). The Balaban J connectivity index is 0.00000180. The minimum absolute atomic E-state index is 0. The quantitative estimate of drug-likeness (QED) is 0.319. The van der Waals surface area contributed by atoms with Crippen LogP contribution in [0.3, 0.4) is 0 Å². The van der Waals surface area contributed by atoms with Gasteiger partial charge >= 0.3 is 0 Å². The molecular formula is C27H37N4O4Y-. The zero-order valence-corrected chi connectivity index (χ0v) is 23.6. The summed E-state index contributed by atoms with van der Waals surface area (Å²) in [5.41, 5.74) is 9.23. The molecule has 1 spiro atoms. The van der Waals surface area contributed by atoms with Crippen LogP contribution >= 0.6 is 0 Å². The van der Waals surface area contributed by atoms with Crippen molar-refractivity contribution < 1.29 is 51.9 Å². The average Bonchev–Trinajstić information content (AvgIpc) is 3.60. The number of likely N-dealkylation sites (tertiary alicyclic amines) is 1. The molecule has 36 heavy (non-hydrogen) atoms. The van der Waals surface area contributed by atoms with Crippen molar-refractivity contribution >= 4 is 24.1 Å². The van der Waals surface area contributed by atoms with E-state index < -0.39 is 17.9 Å². The van der Waals surface area contributed by atoms with Gasteiger partial charge < -0.3 is 5.73 Å². The molecule has 3 N–H and O–H groups in total. The summed E-state index contributed by atoms with van der Waals surface area (Å²) in [6, 6.07) is 4.73. The van der Waals surface area contributed by atoms with Crippen LogP contribution in [-0.4, -0.2) is 64.1 Å². The van der Waals surface area contributed by atoms with Crippen LogP contribution < -0.4 is 11.1 Å². The van der Waals surface area contributed by atoms with Crippen molar-refractivity contribution in [3.63, 3.8) is 0 Å². The van der Waals surface area contributed by atoms with Gasteiger partial charge in [0.05, 0.1) is 0 Å². The summed E-state index contributed by atoms with van der Waals surface area (Å²) in [5, 5.41) is 2.20. The number of piperidine rings is 2. The molecule has 4 atom stereocenters. The van der Waals surface area contributed by atoms with Gasteiger partial charge in [-0.15, -0.1) is 6.07 Å². The largest absolute Gasteiger partial charge is 0.325 e. The fourth-order valence-electron chi connectivity index (χ4n) is 6.64. The number of rotatable bonds is 5. The number of carbonyl (C=O) groups is 4. The number of hydrogen-bond acceptors (Lipinski definition) is 6. The van der Waals surface area contributed by atoms with Crippen molar-refractivity contribution in [3.05, 3.63) is 40.8 Å². The van der Waals surface area contributed by atoms with Crippen LogP contribution in [0, 0.1) is 18.3 Å². The van der Waals surface area contributed by atoms with Gasteiger partial charge in [-0.1, -0.05) is 32.8 Å². The van der Waals surface area contributed by atoms with Crippen molar-refractivity contribution in [1.29, 1.82) is 0 Å². The predicted octanol–water partition coefficient (Wildman–Crippen LogP) is 2.32. The van der Waals surface area contributed by atoms with Gasteiger partial charge in [0.15, 0.2) is 0 Å². The van der Waals surface area contributed by atoms with Crippen LogP contribution in [0.4, 0.5) is 0 Å². The minimum Gasteiger partial charge on any atom is -0.325 e. The van der Waals surface area contributed by atoms with Gasteiger partial charge in [-0.05, 0) is 46.2 Å². The summed E-state index contributed by atoms with van der Waals surface area (Å²) < 4.78 is 0. The molecule has 9 heteroatoms. The Labute approximate surface area is 239 Å². The molecule has 8 nitrogen and oxygen atoms in total. The molecule has 4 fully saturated rings. The van der Waals surface area contributed by atoms with E-state index in [9.17, 15) is 19.2 Å². The predicted molar refractivity (Wildman–Crippen MR) is 132 cm³/mol. The zero-order valence-electron chi connectivity index (χ0n) is 20.7. The smallest absolute Gasteiger partial charge is 0.259 e. The molecular weight excluding hydrogens is 533 g/mol. The van der Waals surface area contributed by atoms with Crippen molar-refractivity contribution in [2.75, 3.05) is 13.1 Å². The second kappa shape index (κ2) is 9.93. The molecule has 2 heterocycles. The maximum absolute atomic E-state index is 13.1. The molecule has 2 aliphatic carbocycles. The van der Waals surface area contributed by atoms with E-state index in [1.54, 1.807) is 6.07 Å². The van der Waals surface area contributed by atoms with E-state index in [1.807, 2.05) is 19.1 Å². The maximum atomic E-state index is 13.1. The molecule has 4 amide bonds. The van der Waals surface area contributed by atoms with E-state index in [0.29, 0.717) is 17.4 Å². The summed E-state index contributed by atoms with van der Waals surface area (Å²) >= 11 is 0. The maximum Gasteiger partial charge on any atom is 0.259 e. The van der Waals surface area contributed by atoms with E-state index in [0.717, 1.165) is 48.4 Å². The van der Waals surface area contributed by atoms with E-state index >= 15 is 0 Å². The monoisotopic (exact) mass is 570 g/mol. The number of hydrogen-bond donors (Lipinski definition) is 2. The Morgan fingerprint density at radius 1 is 1.22 bits per heavy atom. The molecule has 1 radical (unpaired) electrons. The number of imide groups is 2. The molecule has 4 aliphatic rings. The van der Waals surface area contributed by atoms with E-state index in [1.165, 1.54) is 12.3 Å². The second-order valence-electron chi connectivity index (χ2n) is 11.0. The number of amides is 4. The third-order valence-electron chi connectivity index (χ3n) is 9.01. The number of benzene rings is 1. The fraction of sp³-hybridized carbons (Fsp3) is 0.593. The fourth-order valence-corrected chi connectivity index (χ4v) is 6.64. The van der Waals surface area contributed by atoms with Gasteiger partial charge in [0.1, 0.15) is 6.04 Å². The Morgan fingerprint density at radius 3 is 2.36 bits per heavy atom. The molecule has 193 valence electrons. The van der Waals surface area contributed by atoms with E-state index in [2.05, 4.69) is 24.1 Å². The van der Waals surface area contributed by atoms with Crippen LogP contribution in [0.2, 0.25) is 0 Å². The molecule has 0 aromatic heterocycles. The van der Waals surface area contributed by atoms with E-state index in [-0.39, 0.29) is 70.0 Å². The van der Waals surface area contributed by atoms with Crippen LogP contribution in [0.1, 0.15) is 81.3 Å². The van der Waals surface area contributed by atoms with Crippen molar-refractivity contribution in [3.8, 4) is 0 Å².